The van der Waals surface area contributed by atoms with Crippen LogP contribution < -0.4 is 9.64 Å². The summed E-state index contributed by atoms with van der Waals surface area (Å²) in [4.78, 5) is 33.4. The first-order chi connectivity index (χ1) is 13.3. The zero-order valence-electron chi connectivity index (χ0n) is 15.9. The van der Waals surface area contributed by atoms with Gasteiger partial charge in [0.1, 0.15) is 11.4 Å². The lowest BCUT2D eigenvalue weighted by molar-refractivity contribution is 0.0275. The van der Waals surface area contributed by atoms with Gasteiger partial charge in [0.2, 0.25) is 0 Å². The molecule has 0 unspecified atom stereocenters. The van der Waals surface area contributed by atoms with Crippen molar-refractivity contribution in [1.82, 2.24) is 9.88 Å². The van der Waals surface area contributed by atoms with Gasteiger partial charge in [-0.3, -0.25) is 4.90 Å². The molecule has 0 radical (unpaired) electrons. The van der Waals surface area contributed by atoms with Gasteiger partial charge in [-0.05, 0) is 32.9 Å². The second-order valence-corrected chi connectivity index (χ2v) is 9.17. The van der Waals surface area contributed by atoms with Gasteiger partial charge in [-0.1, -0.05) is 11.3 Å². The van der Waals surface area contributed by atoms with Crippen LogP contribution in [-0.4, -0.2) is 59.5 Å². The Hall–Kier alpha value is -2.39. The fourth-order valence-electron chi connectivity index (χ4n) is 3.93. The molecule has 8 nitrogen and oxygen atoms in total. The molecule has 3 aliphatic rings. The number of hydrogen-bond donors (Lipinski definition) is 0. The van der Waals surface area contributed by atoms with Crippen LogP contribution in [0.3, 0.4) is 0 Å². The average molecular weight is 403 g/mol. The first-order valence-corrected chi connectivity index (χ1v) is 10.1. The number of benzene rings is 1. The number of thiazole rings is 1. The molecule has 9 heteroatoms. The van der Waals surface area contributed by atoms with Gasteiger partial charge in [0.25, 0.3) is 0 Å². The summed E-state index contributed by atoms with van der Waals surface area (Å²) in [6.45, 7) is 6.66. The summed E-state index contributed by atoms with van der Waals surface area (Å²) < 4.78 is 17.7. The summed E-state index contributed by atoms with van der Waals surface area (Å²) in [6.07, 6.45) is 0.166. The van der Waals surface area contributed by atoms with E-state index < -0.39 is 17.7 Å². The molecule has 2 aromatic rings. The lowest BCUT2D eigenvalue weighted by atomic mass is 10.1. The van der Waals surface area contributed by atoms with E-state index in [1.807, 2.05) is 12.1 Å². The number of carbonyl (C=O) groups excluding carboxylic acids is 2. The molecule has 0 aliphatic carbocycles. The minimum Gasteiger partial charge on any atom is -0.493 e. The quantitative estimate of drug-likeness (QED) is 0.728. The van der Waals surface area contributed by atoms with Crippen LogP contribution in [0, 0.1) is 0 Å². The van der Waals surface area contributed by atoms with Gasteiger partial charge in [0, 0.05) is 12.0 Å². The van der Waals surface area contributed by atoms with E-state index in [1.54, 1.807) is 25.7 Å². The first-order valence-electron chi connectivity index (χ1n) is 9.32. The van der Waals surface area contributed by atoms with Gasteiger partial charge in [-0.25, -0.2) is 19.5 Å². The van der Waals surface area contributed by atoms with Crippen LogP contribution in [0.4, 0.5) is 14.7 Å². The molecule has 1 aromatic heterocycles. The Morgan fingerprint density at radius 2 is 2.07 bits per heavy atom. The molecule has 2 saturated heterocycles. The maximum atomic E-state index is 13.2. The molecule has 4 heterocycles. The Bertz CT molecular complexity index is 982. The topological polar surface area (TPSA) is 81.2 Å². The monoisotopic (exact) mass is 403 g/mol. The van der Waals surface area contributed by atoms with Crippen molar-refractivity contribution in [2.45, 2.75) is 44.9 Å². The molecular weight excluding hydrogens is 382 g/mol. The second-order valence-electron chi connectivity index (χ2n) is 8.16. The summed E-state index contributed by atoms with van der Waals surface area (Å²) in [5.41, 5.74) is 1.26. The van der Waals surface area contributed by atoms with Gasteiger partial charge < -0.3 is 14.2 Å². The number of carbonyl (C=O) groups is 2. The molecule has 0 spiro atoms. The van der Waals surface area contributed by atoms with E-state index >= 15 is 0 Å². The Balaban J connectivity index is 1.52. The van der Waals surface area contributed by atoms with Crippen molar-refractivity contribution in [2.24, 2.45) is 0 Å². The molecule has 5 rings (SSSR count). The van der Waals surface area contributed by atoms with Crippen molar-refractivity contribution >= 4 is 38.8 Å². The predicted molar refractivity (Wildman–Crippen MR) is 103 cm³/mol. The van der Waals surface area contributed by atoms with Gasteiger partial charge in [0.15, 0.2) is 5.13 Å². The van der Waals surface area contributed by atoms with E-state index in [2.05, 4.69) is 0 Å². The Labute approximate surface area is 166 Å². The number of hydrogen-bond acceptors (Lipinski definition) is 7. The number of urea groups is 1. The molecule has 148 valence electrons. The fraction of sp³-hybridized carbons (Fsp3) is 0.526. The number of amides is 3. The van der Waals surface area contributed by atoms with Crippen LogP contribution >= 0.6 is 11.3 Å². The van der Waals surface area contributed by atoms with Crippen molar-refractivity contribution in [2.75, 3.05) is 24.7 Å². The first kappa shape index (κ1) is 17.7. The molecule has 3 aliphatic heterocycles. The van der Waals surface area contributed by atoms with E-state index in [-0.39, 0.29) is 12.1 Å². The number of fused-ring (bicyclic) bond motifs is 4. The van der Waals surface area contributed by atoms with Crippen LogP contribution in [-0.2, 0) is 15.9 Å². The number of ether oxygens (including phenoxy) is 3. The van der Waals surface area contributed by atoms with Gasteiger partial charge in [-0.2, -0.15) is 0 Å². The van der Waals surface area contributed by atoms with E-state index in [9.17, 15) is 9.59 Å². The molecule has 1 aromatic carbocycles. The third-order valence-corrected chi connectivity index (χ3v) is 6.13. The third kappa shape index (κ3) is 2.64. The summed E-state index contributed by atoms with van der Waals surface area (Å²) in [5, 5.41) is 0.576. The number of nitrogens with zero attached hydrogens (tertiary/aromatic N) is 3. The van der Waals surface area contributed by atoms with Crippen molar-refractivity contribution in [3.63, 3.8) is 0 Å². The largest absolute Gasteiger partial charge is 0.493 e. The van der Waals surface area contributed by atoms with Gasteiger partial charge in [0.05, 0.1) is 42.1 Å². The summed E-state index contributed by atoms with van der Waals surface area (Å²) >= 11 is 1.44. The fourth-order valence-corrected chi connectivity index (χ4v) is 4.98. The molecule has 0 bridgehead atoms. The summed E-state index contributed by atoms with van der Waals surface area (Å²) in [7, 11) is 0. The molecule has 0 saturated carbocycles. The predicted octanol–water partition coefficient (Wildman–Crippen LogP) is 3.18. The molecule has 0 N–H and O–H groups in total. The molecule has 28 heavy (non-hydrogen) atoms. The maximum Gasteiger partial charge on any atom is 0.418 e. The number of rotatable bonds is 1. The lowest BCUT2D eigenvalue weighted by Gasteiger charge is -2.25. The molecule has 2 fully saturated rings. The van der Waals surface area contributed by atoms with Crippen molar-refractivity contribution < 1.29 is 23.8 Å². The SMILES string of the molecule is CC(C)(C)OC(=O)N1C(=O)N(c2nc3c4c(ccc3s2)OCC4)[C@@H]2COC[C@@H]21. The Kier molecular flexibility index (Phi) is 3.82. The summed E-state index contributed by atoms with van der Waals surface area (Å²) in [6, 6.07) is 2.88. The van der Waals surface area contributed by atoms with Crippen LogP contribution in [0.2, 0.25) is 0 Å². The normalized spacial score (nSPS) is 23.9. The Morgan fingerprint density at radius 3 is 2.86 bits per heavy atom. The Morgan fingerprint density at radius 1 is 1.29 bits per heavy atom. The van der Waals surface area contributed by atoms with Crippen molar-refractivity contribution in [1.29, 1.82) is 0 Å². The highest BCUT2D eigenvalue weighted by atomic mass is 32.1. The maximum absolute atomic E-state index is 13.2. The minimum atomic E-state index is -0.684. The zero-order chi connectivity index (χ0) is 19.6. The minimum absolute atomic E-state index is 0.259. The molecular formula is C19H21N3O5S. The van der Waals surface area contributed by atoms with Gasteiger partial charge in [-0.15, -0.1) is 0 Å². The standard InChI is InChI=1S/C19H21N3O5S/c1-19(2,3)27-18(24)22-12-9-25-8-11(12)21(17(22)23)16-20-15-10-6-7-26-13(10)4-5-14(15)28-16/h4-5,11-12H,6-9H2,1-3H3/t11-,12+/m1/s1. The molecule has 3 amide bonds. The highest BCUT2D eigenvalue weighted by molar-refractivity contribution is 7.22. The van der Waals surface area contributed by atoms with Crippen molar-refractivity contribution in [3.05, 3.63) is 17.7 Å². The van der Waals surface area contributed by atoms with Crippen LogP contribution in [0.25, 0.3) is 10.2 Å². The summed E-state index contributed by atoms with van der Waals surface area (Å²) in [5.74, 6) is 0.856. The van der Waals surface area contributed by atoms with E-state index in [0.29, 0.717) is 25.0 Å². The third-order valence-electron chi connectivity index (χ3n) is 5.11. The van der Waals surface area contributed by atoms with E-state index in [0.717, 1.165) is 28.0 Å². The number of imide groups is 1. The molecule has 2 atom stereocenters. The smallest absolute Gasteiger partial charge is 0.418 e. The number of anilines is 1. The van der Waals surface area contributed by atoms with Gasteiger partial charge >= 0.3 is 12.1 Å². The lowest BCUT2D eigenvalue weighted by Crippen LogP contribution is -2.44. The highest BCUT2D eigenvalue weighted by Crippen LogP contribution is 2.41. The number of aromatic nitrogens is 1. The van der Waals surface area contributed by atoms with Crippen LogP contribution in [0.5, 0.6) is 5.75 Å². The highest BCUT2D eigenvalue weighted by Gasteiger charge is 2.54. The van der Waals surface area contributed by atoms with Crippen LogP contribution in [0.1, 0.15) is 26.3 Å². The van der Waals surface area contributed by atoms with E-state index in [1.165, 1.54) is 16.2 Å². The average Bonchev–Trinajstić information content (AvgIpc) is 3.34. The van der Waals surface area contributed by atoms with Crippen molar-refractivity contribution in [3.8, 4) is 5.75 Å². The second kappa shape index (κ2) is 6.05. The van der Waals surface area contributed by atoms with Crippen LogP contribution in [0.15, 0.2) is 12.1 Å². The zero-order valence-corrected chi connectivity index (χ0v) is 16.7. The van der Waals surface area contributed by atoms with E-state index in [4.69, 9.17) is 19.2 Å².